The number of benzene rings is 1. The van der Waals surface area contributed by atoms with Gasteiger partial charge in [-0.25, -0.2) is 9.97 Å². The van der Waals surface area contributed by atoms with Crippen molar-refractivity contribution in [3.05, 3.63) is 77.2 Å². The quantitative estimate of drug-likeness (QED) is 0.347. The van der Waals surface area contributed by atoms with E-state index in [9.17, 15) is 4.79 Å². The van der Waals surface area contributed by atoms with Crippen LogP contribution in [0.25, 0.3) is 0 Å². The fraction of sp³-hybridized carbons (Fsp3) is 0.333. The Balaban J connectivity index is 1.60. The zero-order chi connectivity index (χ0) is 22.8. The van der Waals surface area contributed by atoms with Gasteiger partial charge in [-0.15, -0.1) is 0 Å². The van der Waals surface area contributed by atoms with Crippen LogP contribution >= 0.6 is 11.8 Å². The Bertz CT molecular complexity index is 999. The number of aromatic nitrogens is 3. The number of carbonyl (C=O) groups excluding carboxylic acids is 1. The van der Waals surface area contributed by atoms with E-state index in [1.54, 1.807) is 31.3 Å². The molecule has 0 unspecified atom stereocenters. The van der Waals surface area contributed by atoms with Crippen LogP contribution in [0.3, 0.4) is 0 Å². The Labute approximate surface area is 193 Å². The molecule has 2 heterocycles. The lowest BCUT2D eigenvalue weighted by Crippen LogP contribution is -2.22. The van der Waals surface area contributed by atoms with Gasteiger partial charge in [0.05, 0.1) is 12.3 Å². The molecule has 7 nitrogen and oxygen atoms in total. The number of hydrogen-bond donors (Lipinski definition) is 1. The van der Waals surface area contributed by atoms with Gasteiger partial charge >= 0.3 is 0 Å². The van der Waals surface area contributed by atoms with Crippen LogP contribution in [-0.2, 0) is 23.6 Å². The first-order valence-electron chi connectivity index (χ1n) is 10.6. The van der Waals surface area contributed by atoms with Crippen LogP contribution in [0.5, 0.6) is 0 Å². The van der Waals surface area contributed by atoms with E-state index >= 15 is 0 Å². The maximum Gasteiger partial charge on any atom is 0.251 e. The number of hydrogen-bond acceptors (Lipinski definition) is 7. The van der Waals surface area contributed by atoms with Crippen molar-refractivity contribution in [2.45, 2.75) is 37.4 Å². The molecule has 0 fully saturated rings. The molecule has 1 aromatic carbocycles. The lowest BCUT2D eigenvalue weighted by molar-refractivity contribution is 0.0951. The third kappa shape index (κ3) is 7.03. The molecule has 3 aromatic rings. The zero-order valence-corrected chi connectivity index (χ0v) is 19.6. The lowest BCUT2D eigenvalue weighted by atomic mass is 10.1. The molecule has 8 heteroatoms. The molecule has 32 heavy (non-hydrogen) atoms. The summed E-state index contributed by atoms with van der Waals surface area (Å²) in [6.07, 6.45) is 4.51. The van der Waals surface area contributed by atoms with E-state index in [1.807, 2.05) is 49.5 Å². The second-order valence-electron chi connectivity index (χ2n) is 7.38. The van der Waals surface area contributed by atoms with Crippen LogP contribution in [0.4, 0.5) is 5.82 Å². The molecule has 0 radical (unpaired) electrons. The van der Waals surface area contributed by atoms with Crippen molar-refractivity contribution in [3.8, 4) is 0 Å². The third-order valence-corrected chi connectivity index (χ3v) is 5.67. The molecular weight excluding hydrogens is 422 g/mol. The Kier molecular flexibility index (Phi) is 9.01. The van der Waals surface area contributed by atoms with Gasteiger partial charge in [-0.2, -0.15) is 0 Å². The highest BCUT2D eigenvalue weighted by atomic mass is 32.2. The fourth-order valence-corrected chi connectivity index (χ4v) is 3.91. The highest BCUT2D eigenvalue weighted by molar-refractivity contribution is 7.98. The molecule has 0 aliphatic carbocycles. The summed E-state index contributed by atoms with van der Waals surface area (Å²) < 4.78 is 5.26. The minimum atomic E-state index is -0.104. The van der Waals surface area contributed by atoms with Gasteiger partial charge < -0.3 is 15.0 Å². The smallest absolute Gasteiger partial charge is 0.251 e. The summed E-state index contributed by atoms with van der Waals surface area (Å²) in [5, 5.41) is 3.64. The number of pyridine rings is 1. The van der Waals surface area contributed by atoms with Gasteiger partial charge in [0.1, 0.15) is 5.82 Å². The minimum absolute atomic E-state index is 0.104. The van der Waals surface area contributed by atoms with Crippen LogP contribution in [0.2, 0.25) is 0 Å². The number of carbonyl (C=O) groups is 1. The summed E-state index contributed by atoms with van der Waals surface area (Å²) in [6, 6.07) is 13.4. The number of nitrogens with zero attached hydrogens (tertiary/aromatic N) is 4. The highest BCUT2D eigenvalue weighted by Gasteiger charge is 2.10. The van der Waals surface area contributed by atoms with E-state index in [2.05, 4.69) is 27.1 Å². The monoisotopic (exact) mass is 451 g/mol. The fourth-order valence-electron chi connectivity index (χ4n) is 3.08. The van der Waals surface area contributed by atoms with Gasteiger partial charge in [0.2, 0.25) is 0 Å². The summed E-state index contributed by atoms with van der Waals surface area (Å²) in [5.74, 6) is 1.51. The van der Waals surface area contributed by atoms with Crippen molar-refractivity contribution in [3.63, 3.8) is 0 Å². The molecule has 0 aliphatic rings. The second kappa shape index (κ2) is 12.2. The predicted molar refractivity (Wildman–Crippen MR) is 128 cm³/mol. The summed E-state index contributed by atoms with van der Waals surface area (Å²) in [4.78, 5) is 27.9. The summed E-state index contributed by atoms with van der Waals surface area (Å²) in [5.41, 5.74) is 3.56. The van der Waals surface area contributed by atoms with Crippen molar-refractivity contribution >= 4 is 23.5 Å². The van der Waals surface area contributed by atoms with Crippen LogP contribution in [0.1, 0.15) is 40.5 Å². The summed E-state index contributed by atoms with van der Waals surface area (Å²) >= 11 is 1.57. The largest absolute Gasteiger partial charge is 0.378 e. The Morgan fingerprint density at radius 3 is 2.66 bits per heavy atom. The minimum Gasteiger partial charge on any atom is -0.378 e. The normalized spacial score (nSPS) is 10.7. The Morgan fingerprint density at radius 1 is 1.16 bits per heavy atom. The van der Waals surface area contributed by atoms with E-state index in [4.69, 9.17) is 9.72 Å². The van der Waals surface area contributed by atoms with E-state index in [-0.39, 0.29) is 5.91 Å². The Hall–Kier alpha value is -2.97. The number of thioether (sulfide) groups is 1. The van der Waals surface area contributed by atoms with Gasteiger partial charge in [0.25, 0.3) is 5.91 Å². The third-order valence-electron chi connectivity index (χ3n) is 4.75. The topological polar surface area (TPSA) is 80.2 Å². The SMILES string of the molecule is CCCN(C)c1cc(COC)nc(SCc2ccc(C(=O)NCc3cccnc3)cc2)n1. The number of anilines is 1. The van der Waals surface area contributed by atoms with Crippen LogP contribution < -0.4 is 10.2 Å². The van der Waals surface area contributed by atoms with Crippen LogP contribution in [-0.4, -0.2) is 41.6 Å². The Morgan fingerprint density at radius 2 is 1.97 bits per heavy atom. The molecule has 1 amide bonds. The molecule has 0 aliphatic heterocycles. The van der Waals surface area contributed by atoms with Crippen molar-refractivity contribution in [1.82, 2.24) is 20.3 Å². The lowest BCUT2D eigenvalue weighted by Gasteiger charge is -2.18. The maximum absolute atomic E-state index is 12.4. The highest BCUT2D eigenvalue weighted by Crippen LogP contribution is 2.23. The van der Waals surface area contributed by atoms with E-state index in [0.29, 0.717) is 24.5 Å². The zero-order valence-electron chi connectivity index (χ0n) is 18.7. The van der Waals surface area contributed by atoms with Crippen molar-refractivity contribution < 1.29 is 9.53 Å². The molecule has 0 saturated heterocycles. The molecule has 3 rings (SSSR count). The number of nitrogens with one attached hydrogen (secondary N) is 1. The standard InChI is InChI=1S/C24H29N5O2S/c1-4-12-29(2)22-13-21(16-31-3)27-24(28-22)32-17-18-7-9-20(10-8-18)23(30)26-15-19-6-5-11-25-14-19/h5-11,13-14H,4,12,15-17H2,1-3H3,(H,26,30). The van der Waals surface area contributed by atoms with Gasteiger partial charge in [0.15, 0.2) is 5.16 Å². The van der Waals surface area contributed by atoms with Gasteiger partial charge in [-0.05, 0) is 35.7 Å². The molecule has 0 bridgehead atoms. The molecule has 0 saturated carbocycles. The number of rotatable bonds is 11. The van der Waals surface area contributed by atoms with Crippen LogP contribution in [0, 0.1) is 0 Å². The molecule has 168 valence electrons. The first kappa shape index (κ1) is 23.7. The second-order valence-corrected chi connectivity index (χ2v) is 8.33. The average Bonchev–Trinajstić information content (AvgIpc) is 2.82. The molecule has 2 aromatic heterocycles. The van der Waals surface area contributed by atoms with Gasteiger partial charge in [-0.3, -0.25) is 9.78 Å². The van der Waals surface area contributed by atoms with Crippen molar-refractivity contribution in [2.75, 3.05) is 25.6 Å². The van der Waals surface area contributed by atoms with Crippen LogP contribution in [0.15, 0.2) is 60.0 Å². The summed E-state index contributed by atoms with van der Waals surface area (Å²) in [7, 11) is 3.70. The molecular formula is C24H29N5O2S. The molecule has 0 atom stereocenters. The number of methoxy groups -OCH3 is 1. The number of ether oxygens (including phenoxy) is 1. The van der Waals surface area contributed by atoms with Crippen molar-refractivity contribution in [2.24, 2.45) is 0 Å². The number of amides is 1. The first-order chi connectivity index (χ1) is 15.6. The molecule has 1 N–H and O–H groups in total. The average molecular weight is 452 g/mol. The van der Waals surface area contributed by atoms with E-state index in [1.165, 1.54) is 0 Å². The van der Waals surface area contributed by atoms with E-state index in [0.717, 1.165) is 40.8 Å². The summed E-state index contributed by atoms with van der Waals surface area (Å²) in [6.45, 7) is 3.98. The first-order valence-corrected chi connectivity index (χ1v) is 11.5. The predicted octanol–water partition coefficient (Wildman–Crippen LogP) is 4.09. The van der Waals surface area contributed by atoms with Gasteiger partial charge in [0, 0.05) is 57.0 Å². The van der Waals surface area contributed by atoms with Crippen molar-refractivity contribution in [1.29, 1.82) is 0 Å². The molecule has 0 spiro atoms. The van der Waals surface area contributed by atoms with E-state index < -0.39 is 0 Å². The van der Waals surface area contributed by atoms with Gasteiger partial charge in [-0.1, -0.05) is 36.9 Å². The maximum atomic E-state index is 12.4.